The Hall–Kier alpha value is -3.14. The molecule has 0 saturated heterocycles. The van der Waals surface area contributed by atoms with Gasteiger partial charge in [-0.05, 0) is 60.0 Å². The number of nitrogens with one attached hydrogen (secondary N) is 1. The molecule has 4 heteroatoms. The van der Waals surface area contributed by atoms with Crippen molar-refractivity contribution in [2.45, 2.75) is 19.8 Å². The number of carbonyl (C=O) groups excluding carboxylic acids is 2. The first-order chi connectivity index (χ1) is 12.7. The van der Waals surface area contributed by atoms with Crippen LogP contribution in [-0.4, -0.2) is 18.4 Å². The lowest BCUT2D eigenvalue weighted by molar-refractivity contribution is -0.118. The van der Waals surface area contributed by atoms with E-state index in [0.29, 0.717) is 24.9 Å². The predicted molar refractivity (Wildman–Crippen MR) is 105 cm³/mol. The third kappa shape index (κ3) is 2.94. The Morgan fingerprint density at radius 2 is 1.81 bits per heavy atom. The zero-order valence-corrected chi connectivity index (χ0v) is 14.7. The van der Waals surface area contributed by atoms with Gasteiger partial charge in [-0.15, -0.1) is 0 Å². The molecule has 4 nitrogen and oxygen atoms in total. The SMILES string of the molecule is CCN1C(=O)CCc2cc(NC(=O)c3ccc4ccccc4c3)ccc21. The second-order valence-corrected chi connectivity index (χ2v) is 6.50. The maximum absolute atomic E-state index is 12.6. The van der Waals surface area contributed by atoms with Crippen LogP contribution in [0.5, 0.6) is 0 Å². The third-order valence-corrected chi connectivity index (χ3v) is 4.87. The van der Waals surface area contributed by atoms with E-state index in [1.165, 1.54) is 0 Å². The van der Waals surface area contributed by atoms with E-state index in [1.807, 2.05) is 67.6 Å². The van der Waals surface area contributed by atoms with Gasteiger partial charge in [0, 0.05) is 29.9 Å². The van der Waals surface area contributed by atoms with Gasteiger partial charge in [-0.2, -0.15) is 0 Å². The lowest BCUT2D eigenvalue weighted by Gasteiger charge is -2.28. The van der Waals surface area contributed by atoms with Crippen molar-refractivity contribution in [2.75, 3.05) is 16.8 Å². The van der Waals surface area contributed by atoms with Crippen LogP contribution in [0.2, 0.25) is 0 Å². The summed E-state index contributed by atoms with van der Waals surface area (Å²) < 4.78 is 0. The molecule has 0 bridgehead atoms. The summed E-state index contributed by atoms with van der Waals surface area (Å²) in [6, 6.07) is 19.4. The fraction of sp³-hybridized carbons (Fsp3) is 0.182. The molecule has 1 aliphatic heterocycles. The number of hydrogen-bond acceptors (Lipinski definition) is 2. The summed E-state index contributed by atoms with van der Waals surface area (Å²) in [6.45, 7) is 2.64. The quantitative estimate of drug-likeness (QED) is 0.766. The molecule has 0 radical (unpaired) electrons. The molecule has 130 valence electrons. The van der Waals surface area contributed by atoms with Crippen LogP contribution in [0.25, 0.3) is 10.8 Å². The third-order valence-electron chi connectivity index (χ3n) is 4.87. The van der Waals surface area contributed by atoms with E-state index in [2.05, 4.69) is 5.32 Å². The zero-order valence-electron chi connectivity index (χ0n) is 14.7. The van der Waals surface area contributed by atoms with Crippen molar-refractivity contribution in [3.05, 3.63) is 71.8 Å². The Balaban J connectivity index is 1.58. The molecule has 3 aromatic carbocycles. The number of anilines is 2. The van der Waals surface area contributed by atoms with Crippen molar-refractivity contribution in [3.63, 3.8) is 0 Å². The monoisotopic (exact) mass is 344 g/mol. The van der Waals surface area contributed by atoms with E-state index < -0.39 is 0 Å². The van der Waals surface area contributed by atoms with Crippen molar-refractivity contribution < 1.29 is 9.59 Å². The van der Waals surface area contributed by atoms with Crippen molar-refractivity contribution in [2.24, 2.45) is 0 Å². The van der Waals surface area contributed by atoms with Crippen molar-refractivity contribution >= 4 is 34.0 Å². The number of amides is 2. The van der Waals surface area contributed by atoms with Gasteiger partial charge < -0.3 is 10.2 Å². The normalized spacial score (nSPS) is 13.6. The number of carbonyl (C=O) groups is 2. The first kappa shape index (κ1) is 16.3. The van der Waals surface area contributed by atoms with Crippen molar-refractivity contribution in [3.8, 4) is 0 Å². The fourth-order valence-electron chi connectivity index (χ4n) is 3.52. The summed E-state index contributed by atoms with van der Waals surface area (Å²) in [5.74, 6) is 0.0304. The first-order valence-corrected chi connectivity index (χ1v) is 8.89. The molecule has 0 unspecified atom stereocenters. The first-order valence-electron chi connectivity index (χ1n) is 8.89. The zero-order chi connectivity index (χ0) is 18.1. The fourth-order valence-corrected chi connectivity index (χ4v) is 3.52. The molecule has 1 heterocycles. The standard InChI is InChI=1S/C22H20N2O2/c1-2-24-20-11-10-19(14-17(20)9-12-21(24)25)23-22(26)18-8-7-15-5-3-4-6-16(15)13-18/h3-8,10-11,13-14H,2,9,12H2,1H3,(H,23,26). The summed E-state index contributed by atoms with van der Waals surface area (Å²) in [7, 11) is 0. The van der Waals surface area contributed by atoms with Gasteiger partial charge in [-0.3, -0.25) is 9.59 Å². The van der Waals surface area contributed by atoms with Gasteiger partial charge >= 0.3 is 0 Å². The lowest BCUT2D eigenvalue weighted by Crippen LogP contribution is -2.34. The lowest BCUT2D eigenvalue weighted by atomic mass is 10.0. The van der Waals surface area contributed by atoms with Crippen LogP contribution < -0.4 is 10.2 Å². The minimum Gasteiger partial charge on any atom is -0.322 e. The highest BCUT2D eigenvalue weighted by atomic mass is 16.2. The van der Waals surface area contributed by atoms with Gasteiger partial charge in [0.15, 0.2) is 0 Å². The molecule has 4 rings (SSSR count). The van der Waals surface area contributed by atoms with Crippen LogP contribution in [0.4, 0.5) is 11.4 Å². The van der Waals surface area contributed by atoms with Crippen molar-refractivity contribution in [1.82, 2.24) is 0 Å². The Kier molecular flexibility index (Phi) is 4.17. The minimum absolute atomic E-state index is 0.130. The molecule has 0 saturated carbocycles. The Bertz CT molecular complexity index is 1010. The number of nitrogens with zero attached hydrogens (tertiary/aromatic N) is 1. The molecule has 0 spiro atoms. The van der Waals surface area contributed by atoms with Gasteiger partial charge in [0.1, 0.15) is 0 Å². The van der Waals surface area contributed by atoms with E-state index in [4.69, 9.17) is 0 Å². The minimum atomic E-state index is -0.130. The van der Waals surface area contributed by atoms with E-state index in [1.54, 1.807) is 4.90 Å². The van der Waals surface area contributed by atoms with E-state index >= 15 is 0 Å². The summed E-state index contributed by atoms with van der Waals surface area (Å²) in [5.41, 5.74) is 3.44. The summed E-state index contributed by atoms with van der Waals surface area (Å²) >= 11 is 0. The second-order valence-electron chi connectivity index (χ2n) is 6.50. The van der Waals surface area contributed by atoms with E-state index in [-0.39, 0.29) is 11.8 Å². The van der Waals surface area contributed by atoms with Crippen LogP contribution in [0.3, 0.4) is 0 Å². The molecule has 1 N–H and O–H groups in total. The molecule has 2 amide bonds. The number of fused-ring (bicyclic) bond motifs is 2. The Morgan fingerprint density at radius 3 is 2.62 bits per heavy atom. The van der Waals surface area contributed by atoms with Gasteiger partial charge in [0.05, 0.1) is 0 Å². The van der Waals surface area contributed by atoms with Gasteiger partial charge in [0.2, 0.25) is 5.91 Å². The molecule has 3 aromatic rings. The highest BCUT2D eigenvalue weighted by Crippen LogP contribution is 2.30. The summed E-state index contributed by atoms with van der Waals surface area (Å²) in [5, 5.41) is 5.13. The second kappa shape index (κ2) is 6.64. The van der Waals surface area contributed by atoms with Gasteiger partial charge in [-0.25, -0.2) is 0 Å². The summed E-state index contributed by atoms with van der Waals surface area (Å²) in [6.07, 6.45) is 1.23. The van der Waals surface area contributed by atoms with Crippen LogP contribution in [-0.2, 0) is 11.2 Å². The van der Waals surface area contributed by atoms with E-state index in [9.17, 15) is 9.59 Å². The molecular weight excluding hydrogens is 324 g/mol. The highest BCUT2D eigenvalue weighted by Gasteiger charge is 2.23. The van der Waals surface area contributed by atoms with Crippen LogP contribution in [0.1, 0.15) is 29.3 Å². The topological polar surface area (TPSA) is 49.4 Å². The summed E-state index contributed by atoms with van der Waals surface area (Å²) in [4.78, 5) is 26.4. The number of aryl methyl sites for hydroxylation is 1. The average Bonchev–Trinajstić information content (AvgIpc) is 2.67. The molecule has 0 aromatic heterocycles. The number of rotatable bonds is 3. The Labute approximate surface area is 152 Å². The smallest absolute Gasteiger partial charge is 0.255 e. The molecule has 0 atom stereocenters. The maximum Gasteiger partial charge on any atom is 0.255 e. The molecule has 0 aliphatic carbocycles. The van der Waals surface area contributed by atoms with E-state index in [0.717, 1.165) is 27.7 Å². The molecule has 1 aliphatic rings. The maximum atomic E-state index is 12.6. The Morgan fingerprint density at radius 1 is 1.00 bits per heavy atom. The average molecular weight is 344 g/mol. The van der Waals surface area contributed by atoms with Crippen LogP contribution >= 0.6 is 0 Å². The van der Waals surface area contributed by atoms with Crippen LogP contribution in [0, 0.1) is 0 Å². The molecular formula is C22H20N2O2. The molecule has 26 heavy (non-hydrogen) atoms. The molecule has 0 fully saturated rings. The largest absolute Gasteiger partial charge is 0.322 e. The number of benzene rings is 3. The van der Waals surface area contributed by atoms with Gasteiger partial charge in [0.25, 0.3) is 5.91 Å². The van der Waals surface area contributed by atoms with Crippen molar-refractivity contribution in [1.29, 1.82) is 0 Å². The van der Waals surface area contributed by atoms with Gasteiger partial charge in [-0.1, -0.05) is 30.3 Å². The number of hydrogen-bond donors (Lipinski definition) is 1. The predicted octanol–water partition coefficient (Wildman–Crippen LogP) is 4.39. The highest BCUT2D eigenvalue weighted by molar-refractivity contribution is 6.06. The van der Waals surface area contributed by atoms with Crippen LogP contribution in [0.15, 0.2) is 60.7 Å².